The van der Waals surface area contributed by atoms with Crippen molar-refractivity contribution in [1.82, 2.24) is 9.55 Å². The van der Waals surface area contributed by atoms with Crippen LogP contribution in [0.3, 0.4) is 0 Å². The minimum atomic E-state index is -0.0395. The molecule has 0 bridgehead atoms. The molecule has 0 aliphatic rings. The summed E-state index contributed by atoms with van der Waals surface area (Å²) in [6.07, 6.45) is 0.996. The van der Waals surface area contributed by atoms with Crippen molar-refractivity contribution in [2.45, 2.75) is 34.1 Å². The van der Waals surface area contributed by atoms with Gasteiger partial charge in [-0.1, -0.05) is 73.7 Å². The van der Waals surface area contributed by atoms with Crippen molar-refractivity contribution in [1.29, 1.82) is 0 Å². The van der Waals surface area contributed by atoms with Gasteiger partial charge in [0.1, 0.15) is 5.82 Å². The van der Waals surface area contributed by atoms with E-state index in [1.54, 1.807) is 11.5 Å². The Balaban J connectivity index is 1.69. The monoisotopic (exact) mass is 444 g/mol. The number of aromatic nitrogens is 2. The van der Waals surface area contributed by atoms with Crippen LogP contribution in [0.15, 0.2) is 84.9 Å². The summed E-state index contributed by atoms with van der Waals surface area (Å²) >= 11 is 0. The van der Waals surface area contributed by atoms with E-state index in [1.807, 2.05) is 24.3 Å². The average molecular weight is 445 g/mol. The summed E-state index contributed by atoms with van der Waals surface area (Å²) < 4.78 is 1.72. The fourth-order valence-corrected chi connectivity index (χ4v) is 4.89. The van der Waals surface area contributed by atoms with Gasteiger partial charge in [0.15, 0.2) is 0 Å². The molecule has 0 radical (unpaired) electrons. The van der Waals surface area contributed by atoms with Crippen LogP contribution in [-0.4, -0.2) is 15.5 Å². The molecule has 0 spiro atoms. The minimum absolute atomic E-state index is 0.0395. The van der Waals surface area contributed by atoms with Crippen LogP contribution in [0.4, 0.5) is 0 Å². The molecule has 0 N–H and O–H groups in total. The lowest BCUT2D eigenvalue weighted by Gasteiger charge is -2.16. The van der Waals surface area contributed by atoms with E-state index in [2.05, 4.69) is 81.4 Å². The number of para-hydroxylation sites is 2. The quantitative estimate of drug-likeness (QED) is 0.283. The number of hydrogen-bond acceptors (Lipinski definition) is 2. The van der Waals surface area contributed by atoms with Gasteiger partial charge in [-0.2, -0.15) is 0 Å². The zero-order chi connectivity index (χ0) is 23.8. The van der Waals surface area contributed by atoms with Gasteiger partial charge in [-0.3, -0.25) is 9.36 Å². The Morgan fingerprint density at radius 2 is 1.50 bits per heavy atom. The Morgan fingerprint density at radius 1 is 0.794 bits per heavy atom. The van der Waals surface area contributed by atoms with Gasteiger partial charge in [0, 0.05) is 12.5 Å². The Hall–Kier alpha value is -3.98. The highest BCUT2D eigenvalue weighted by Gasteiger charge is 2.19. The predicted octanol–water partition coefficient (Wildman–Crippen LogP) is 7.88. The zero-order valence-electron chi connectivity index (χ0n) is 20.1. The molecule has 0 aliphatic heterocycles. The molecule has 0 aliphatic carbocycles. The Morgan fingerprint density at radius 3 is 2.29 bits per heavy atom. The van der Waals surface area contributed by atoms with Gasteiger partial charge in [-0.25, -0.2) is 4.98 Å². The standard InChI is InChI=1S/C31H28N2O/c1-5-23-11-6-7-12-27(23)28-19-24(18-17-20(28)2)25-13-10-14-26(21(25)3)31-32-29-15-8-9-16-30(29)33(31)22(4)34/h6-19H,5H2,1-4H3. The Bertz CT molecular complexity index is 1540. The molecule has 0 saturated heterocycles. The lowest BCUT2D eigenvalue weighted by atomic mass is 9.90. The minimum Gasteiger partial charge on any atom is -0.274 e. The van der Waals surface area contributed by atoms with Crippen molar-refractivity contribution < 1.29 is 4.79 Å². The van der Waals surface area contributed by atoms with Gasteiger partial charge in [0.2, 0.25) is 5.91 Å². The SMILES string of the molecule is CCc1ccccc1-c1cc(-c2cccc(-c3nc4ccccc4n3C(C)=O)c2C)ccc1C. The van der Waals surface area contributed by atoms with Crippen LogP contribution in [0, 0.1) is 13.8 Å². The number of carbonyl (C=O) groups is 1. The van der Waals surface area contributed by atoms with Crippen molar-refractivity contribution in [3.8, 4) is 33.6 Å². The Labute approximate surface area is 200 Å². The molecule has 0 fully saturated rings. The second-order valence-corrected chi connectivity index (χ2v) is 8.80. The number of imidazole rings is 1. The zero-order valence-corrected chi connectivity index (χ0v) is 20.1. The summed E-state index contributed by atoms with van der Waals surface area (Å²) in [5.74, 6) is 0.652. The first-order valence-electron chi connectivity index (χ1n) is 11.8. The molecule has 3 nitrogen and oxygen atoms in total. The van der Waals surface area contributed by atoms with Gasteiger partial charge in [0.25, 0.3) is 0 Å². The maximum absolute atomic E-state index is 12.6. The van der Waals surface area contributed by atoms with Crippen molar-refractivity contribution >= 4 is 16.9 Å². The smallest absolute Gasteiger partial charge is 0.229 e. The van der Waals surface area contributed by atoms with Gasteiger partial charge < -0.3 is 0 Å². The molecule has 3 heteroatoms. The lowest BCUT2D eigenvalue weighted by molar-refractivity contribution is 0.0943. The molecule has 1 heterocycles. The van der Waals surface area contributed by atoms with Crippen molar-refractivity contribution in [3.05, 3.63) is 102 Å². The highest BCUT2D eigenvalue weighted by atomic mass is 16.1. The first-order valence-corrected chi connectivity index (χ1v) is 11.8. The largest absolute Gasteiger partial charge is 0.274 e. The highest BCUT2D eigenvalue weighted by Crippen LogP contribution is 2.36. The fourth-order valence-electron chi connectivity index (χ4n) is 4.89. The Kier molecular flexibility index (Phi) is 5.62. The number of rotatable bonds is 4. The van der Waals surface area contributed by atoms with Crippen LogP contribution in [0.5, 0.6) is 0 Å². The highest BCUT2D eigenvalue weighted by molar-refractivity contribution is 5.95. The number of benzene rings is 4. The number of carbonyl (C=O) groups excluding carboxylic acids is 1. The van der Waals surface area contributed by atoms with E-state index in [1.165, 1.54) is 22.3 Å². The van der Waals surface area contributed by atoms with Crippen LogP contribution in [0.1, 0.15) is 35.3 Å². The average Bonchev–Trinajstić information content (AvgIpc) is 3.24. The maximum atomic E-state index is 12.6. The van der Waals surface area contributed by atoms with E-state index in [-0.39, 0.29) is 5.91 Å². The molecule has 34 heavy (non-hydrogen) atoms. The van der Waals surface area contributed by atoms with E-state index in [0.717, 1.165) is 39.7 Å². The second-order valence-electron chi connectivity index (χ2n) is 8.80. The van der Waals surface area contributed by atoms with E-state index in [0.29, 0.717) is 5.82 Å². The molecule has 0 saturated carbocycles. The molecule has 0 atom stereocenters. The van der Waals surface area contributed by atoms with Crippen LogP contribution in [0.25, 0.3) is 44.7 Å². The van der Waals surface area contributed by atoms with Gasteiger partial charge in [-0.05, 0) is 77.4 Å². The van der Waals surface area contributed by atoms with Crippen molar-refractivity contribution in [2.75, 3.05) is 0 Å². The molecule has 1 aromatic heterocycles. The van der Waals surface area contributed by atoms with Gasteiger partial charge in [-0.15, -0.1) is 0 Å². The first-order chi connectivity index (χ1) is 16.5. The third kappa shape index (κ3) is 3.63. The molecule has 0 unspecified atom stereocenters. The summed E-state index contributed by atoms with van der Waals surface area (Å²) in [4.78, 5) is 17.4. The van der Waals surface area contributed by atoms with E-state index < -0.39 is 0 Å². The first kappa shape index (κ1) is 21.8. The summed E-state index contributed by atoms with van der Waals surface area (Å²) in [6.45, 7) is 8.08. The van der Waals surface area contributed by atoms with E-state index in [9.17, 15) is 4.79 Å². The maximum Gasteiger partial charge on any atom is 0.229 e. The van der Waals surface area contributed by atoms with E-state index in [4.69, 9.17) is 4.98 Å². The lowest BCUT2D eigenvalue weighted by Crippen LogP contribution is -2.08. The van der Waals surface area contributed by atoms with Crippen molar-refractivity contribution in [2.24, 2.45) is 0 Å². The third-order valence-corrected chi connectivity index (χ3v) is 6.69. The van der Waals surface area contributed by atoms with Crippen LogP contribution in [0.2, 0.25) is 0 Å². The van der Waals surface area contributed by atoms with Gasteiger partial charge in [0.05, 0.1) is 11.0 Å². The molecule has 5 aromatic rings. The molecule has 0 amide bonds. The molecule has 5 rings (SSSR count). The van der Waals surface area contributed by atoms with Crippen LogP contribution < -0.4 is 0 Å². The summed E-state index contributed by atoms with van der Waals surface area (Å²) in [5, 5.41) is 0. The third-order valence-electron chi connectivity index (χ3n) is 6.69. The molecular weight excluding hydrogens is 416 g/mol. The number of nitrogens with zero attached hydrogens (tertiary/aromatic N) is 2. The molecule has 4 aromatic carbocycles. The summed E-state index contributed by atoms with van der Waals surface area (Å²) in [7, 11) is 0. The normalized spacial score (nSPS) is 11.2. The summed E-state index contributed by atoms with van der Waals surface area (Å²) in [5.41, 5.74) is 11.2. The van der Waals surface area contributed by atoms with E-state index >= 15 is 0 Å². The van der Waals surface area contributed by atoms with Crippen LogP contribution >= 0.6 is 0 Å². The molecular formula is C31H28N2O. The van der Waals surface area contributed by atoms with Gasteiger partial charge >= 0.3 is 0 Å². The second kappa shape index (κ2) is 8.75. The fraction of sp³-hybridized carbons (Fsp3) is 0.161. The van der Waals surface area contributed by atoms with Crippen molar-refractivity contribution in [3.63, 3.8) is 0 Å². The topological polar surface area (TPSA) is 34.9 Å². The number of fused-ring (bicyclic) bond motifs is 1. The number of aryl methyl sites for hydroxylation is 2. The van der Waals surface area contributed by atoms with Crippen LogP contribution in [-0.2, 0) is 6.42 Å². The predicted molar refractivity (Wildman–Crippen MR) is 141 cm³/mol. The molecule has 168 valence electrons. The number of hydrogen-bond donors (Lipinski definition) is 0. The summed E-state index contributed by atoms with van der Waals surface area (Å²) in [6, 6.07) is 29.4.